The van der Waals surface area contributed by atoms with Gasteiger partial charge in [-0.1, -0.05) is 24.3 Å². The molecule has 0 N–H and O–H groups in total. The van der Waals surface area contributed by atoms with E-state index >= 15 is 0 Å². The summed E-state index contributed by atoms with van der Waals surface area (Å²) in [6.07, 6.45) is 3.66. The van der Waals surface area contributed by atoms with E-state index in [0.717, 1.165) is 44.8 Å². The second kappa shape index (κ2) is 6.78. The van der Waals surface area contributed by atoms with Crippen LogP contribution in [-0.2, 0) is 0 Å². The molecule has 3 heterocycles. The van der Waals surface area contributed by atoms with Crippen LogP contribution in [0.25, 0.3) is 44.8 Å². The van der Waals surface area contributed by atoms with Crippen molar-refractivity contribution in [2.75, 3.05) is 0 Å². The molecule has 0 spiro atoms. The van der Waals surface area contributed by atoms with Crippen molar-refractivity contribution in [3.8, 4) is 33.8 Å². The highest BCUT2D eigenvalue weighted by Gasteiger charge is 2.10. The molecule has 28 heavy (non-hydrogen) atoms. The van der Waals surface area contributed by atoms with Crippen LogP contribution in [0.3, 0.4) is 0 Å². The Kier molecular flexibility index (Phi) is 3.99. The lowest BCUT2D eigenvalue weighted by Crippen LogP contribution is -1.85. The van der Waals surface area contributed by atoms with Gasteiger partial charge in [0.15, 0.2) is 0 Å². The maximum Gasteiger partial charge on any atom is 0.135 e. The lowest BCUT2D eigenvalue weighted by molar-refractivity contribution is 0.631. The highest BCUT2D eigenvalue weighted by molar-refractivity contribution is 5.87. The van der Waals surface area contributed by atoms with Crippen LogP contribution in [0.2, 0.25) is 0 Å². The number of hydrogen-bond acceptors (Lipinski definition) is 3. The summed E-state index contributed by atoms with van der Waals surface area (Å²) in [5.74, 6) is 0.850. The zero-order valence-electron chi connectivity index (χ0n) is 15.5. The molecular formula is C25H18N2O. The monoisotopic (exact) mass is 362 g/mol. The molecule has 5 rings (SSSR count). The van der Waals surface area contributed by atoms with Crippen LogP contribution in [0.5, 0.6) is 0 Å². The SMILES string of the molecule is Cc1ccnc(-c2cccc(-c3cc4cc(-c5ccccn5)ccc4o3)c2)c1. The van der Waals surface area contributed by atoms with Gasteiger partial charge in [0, 0.05) is 34.5 Å². The third-order valence-electron chi connectivity index (χ3n) is 4.84. The number of furan rings is 1. The van der Waals surface area contributed by atoms with E-state index in [1.54, 1.807) is 0 Å². The molecule has 0 aliphatic heterocycles. The molecule has 5 aromatic rings. The average molecular weight is 362 g/mol. The van der Waals surface area contributed by atoms with Crippen molar-refractivity contribution in [2.45, 2.75) is 6.92 Å². The van der Waals surface area contributed by atoms with Crippen LogP contribution < -0.4 is 0 Å². The van der Waals surface area contributed by atoms with Crippen LogP contribution >= 0.6 is 0 Å². The third kappa shape index (κ3) is 3.08. The van der Waals surface area contributed by atoms with E-state index in [2.05, 4.69) is 53.3 Å². The van der Waals surface area contributed by atoms with Gasteiger partial charge >= 0.3 is 0 Å². The van der Waals surface area contributed by atoms with Crippen LogP contribution in [0, 0.1) is 6.92 Å². The Morgan fingerprint density at radius 3 is 2.36 bits per heavy atom. The van der Waals surface area contributed by atoms with Gasteiger partial charge in [0.25, 0.3) is 0 Å². The summed E-state index contributed by atoms with van der Waals surface area (Å²) in [5, 5.41) is 1.07. The lowest BCUT2D eigenvalue weighted by atomic mass is 10.0. The van der Waals surface area contributed by atoms with Gasteiger partial charge in [0.1, 0.15) is 11.3 Å². The van der Waals surface area contributed by atoms with E-state index in [0.29, 0.717) is 0 Å². The molecule has 0 bridgehead atoms. The van der Waals surface area contributed by atoms with Gasteiger partial charge in [-0.25, -0.2) is 0 Å². The molecule has 0 atom stereocenters. The van der Waals surface area contributed by atoms with Crippen LogP contribution in [0.4, 0.5) is 0 Å². The highest BCUT2D eigenvalue weighted by atomic mass is 16.3. The van der Waals surface area contributed by atoms with Gasteiger partial charge in [-0.05, 0) is 67.1 Å². The van der Waals surface area contributed by atoms with E-state index in [4.69, 9.17) is 4.42 Å². The molecule has 0 aliphatic carbocycles. The molecule has 0 saturated carbocycles. The summed E-state index contributed by atoms with van der Waals surface area (Å²) in [4.78, 5) is 8.93. The maximum atomic E-state index is 6.12. The fourth-order valence-corrected chi connectivity index (χ4v) is 3.40. The molecule has 0 radical (unpaired) electrons. The van der Waals surface area contributed by atoms with E-state index in [-0.39, 0.29) is 0 Å². The van der Waals surface area contributed by atoms with Crippen LogP contribution in [-0.4, -0.2) is 9.97 Å². The number of pyridine rings is 2. The highest BCUT2D eigenvalue weighted by Crippen LogP contribution is 2.32. The standard InChI is InChI=1S/C25H18N2O/c1-17-10-12-27-23(13-17)18-5-4-6-20(14-18)25-16-21-15-19(8-9-24(21)28-25)22-7-2-3-11-26-22/h2-16H,1H3. The Labute approximate surface area is 163 Å². The molecule has 0 aliphatic rings. The summed E-state index contributed by atoms with van der Waals surface area (Å²) in [5.41, 5.74) is 7.19. The Hall–Kier alpha value is -3.72. The molecule has 3 nitrogen and oxygen atoms in total. The summed E-state index contributed by atoms with van der Waals surface area (Å²) in [7, 11) is 0. The molecule has 0 amide bonds. The fourth-order valence-electron chi connectivity index (χ4n) is 3.40. The Morgan fingerprint density at radius 1 is 0.643 bits per heavy atom. The van der Waals surface area contributed by atoms with Crippen molar-refractivity contribution in [1.82, 2.24) is 9.97 Å². The molecule has 3 heteroatoms. The fraction of sp³-hybridized carbons (Fsp3) is 0.0400. The normalized spacial score (nSPS) is 11.0. The number of rotatable bonds is 3. The maximum absolute atomic E-state index is 6.12. The predicted molar refractivity (Wildman–Crippen MR) is 113 cm³/mol. The zero-order chi connectivity index (χ0) is 18.9. The molecule has 134 valence electrons. The second-order valence-corrected chi connectivity index (χ2v) is 6.88. The van der Waals surface area contributed by atoms with Gasteiger partial charge in [-0.3, -0.25) is 9.97 Å². The smallest absolute Gasteiger partial charge is 0.135 e. The third-order valence-corrected chi connectivity index (χ3v) is 4.84. The van der Waals surface area contributed by atoms with Gasteiger partial charge in [-0.2, -0.15) is 0 Å². The molecule has 0 unspecified atom stereocenters. The summed E-state index contributed by atoms with van der Waals surface area (Å²) in [6.45, 7) is 2.08. The Bertz CT molecular complexity index is 1270. The number of aryl methyl sites for hydroxylation is 1. The first-order valence-corrected chi connectivity index (χ1v) is 9.25. The van der Waals surface area contributed by atoms with Crippen molar-refractivity contribution in [3.63, 3.8) is 0 Å². The molecule has 2 aromatic carbocycles. The summed E-state index contributed by atoms with van der Waals surface area (Å²) < 4.78 is 6.12. The molecule has 0 fully saturated rings. The van der Waals surface area contributed by atoms with Crippen molar-refractivity contribution in [1.29, 1.82) is 0 Å². The minimum Gasteiger partial charge on any atom is -0.456 e. The number of aromatic nitrogens is 2. The van der Waals surface area contributed by atoms with Crippen molar-refractivity contribution in [2.24, 2.45) is 0 Å². The first-order chi connectivity index (χ1) is 13.8. The molecule has 0 saturated heterocycles. The molecule has 3 aromatic heterocycles. The van der Waals surface area contributed by atoms with E-state index < -0.39 is 0 Å². The van der Waals surface area contributed by atoms with E-state index in [1.807, 2.05) is 54.9 Å². The largest absolute Gasteiger partial charge is 0.456 e. The van der Waals surface area contributed by atoms with Crippen molar-refractivity contribution >= 4 is 11.0 Å². The predicted octanol–water partition coefficient (Wildman–Crippen LogP) is 6.53. The minimum absolute atomic E-state index is 0.850. The number of fused-ring (bicyclic) bond motifs is 1. The molecular weight excluding hydrogens is 344 g/mol. The van der Waals surface area contributed by atoms with Crippen molar-refractivity contribution < 1.29 is 4.42 Å². The van der Waals surface area contributed by atoms with E-state index in [9.17, 15) is 0 Å². The average Bonchev–Trinajstić information content (AvgIpc) is 3.18. The van der Waals surface area contributed by atoms with Gasteiger partial charge < -0.3 is 4.42 Å². The van der Waals surface area contributed by atoms with Crippen LogP contribution in [0.1, 0.15) is 5.56 Å². The number of nitrogens with zero attached hydrogens (tertiary/aromatic N) is 2. The topological polar surface area (TPSA) is 38.9 Å². The van der Waals surface area contributed by atoms with Gasteiger partial charge in [0.05, 0.1) is 11.4 Å². The van der Waals surface area contributed by atoms with Gasteiger partial charge in [-0.15, -0.1) is 0 Å². The summed E-state index contributed by atoms with van der Waals surface area (Å²) in [6, 6.07) is 26.6. The Balaban J connectivity index is 1.55. The first-order valence-electron chi connectivity index (χ1n) is 9.25. The summed E-state index contributed by atoms with van der Waals surface area (Å²) >= 11 is 0. The van der Waals surface area contributed by atoms with Gasteiger partial charge in [0.2, 0.25) is 0 Å². The van der Waals surface area contributed by atoms with E-state index in [1.165, 1.54) is 5.56 Å². The quantitative estimate of drug-likeness (QED) is 0.366. The second-order valence-electron chi connectivity index (χ2n) is 6.88. The lowest BCUT2D eigenvalue weighted by Gasteiger charge is -2.04. The Morgan fingerprint density at radius 2 is 1.50 bits per heavy atom. The minimum atomic E-state index is 0.850. The first kappa shape index (κ1) is 16.5. The number of benzene rings is 2. The number of hydrogen-bond donors (Lipinski definition) is 0. The van der Waals surface area contributed by atoms with Crippen LogP contribution in [0.15, 0.2) is 95.7 Å². The zero-order valence-corrected chi connectivity index (χ0v) is 15.5. The van der Waals surface area contributed by atoms with Crippen molar-refractivity contribution in [3.05, 3.63) is 96.8 Å².